The molecule has 104 valence electrons. The third kappa shape index (κ3) is 2.26. The Labute approximate surface area is 113 Å². The van der Waals surface area contributed by atoms with E-state index in [0.29, 0.717) is 24.4 Å². The van der Waals surface area contributed by atoms with Crippen LogP contribution >= 0.6 is 0 Å². The Hall–Kier alpha value is -2.32. The number of hydrogen-bond donors (Lipinski definition) is 2. The number of nitrogens with one attached hydrogen (secondary N) is 1. The quantitative estimate of drug-likeness (QED) is 0.635. The molecule has 0 radical (unpaired) electrons. The molecular formula is C12H12N4O4. The van der Waals surface area contributed by atoms with Crippen LogP contribution in [0.3, 0.4) is 0 Å². The molecule has 0 bridgehead atoms. The van der Waals surface area contributed by atoms with Gasteiger partial charge in [0.25, 0.3) is 5.69 Å². The fraction of sp³-hybridized carbons (Fsp3) is 0.333. The van der Waals surface area contributed by atoms with Gasteiger partial charge in [0.1, 0.15) is 5.56 Å². The Morgan fingerprint density at radius 1 is 1.45 bits per heavy atom. The molecule has 8 nitrogen and oxygen atoms in total. The van der Waals surface area contributed by atoms with Crippen molar-refractivity contribution in [2.75, 3.05) is 6.54 Å². The molecule has 1 aliphatic rings. The number of hydrogen-bond acceptors (Lipinski definition) is 7. The molecule has 1 aromatic carbocycles. The molecule has 3 rings (SSSR count). The number of nitrogens with zero attached hydrogens (tertiary/aromatic N) is 3. The topological polar surface area (TPSA) is 114 Å². The zero-order chi connectivity index (χ0) is 14.1. The second kappa shape index (κ2) is 4.99. The standard InChI is InChI=1S/C12H12N4O4/c17-7-5-9(13-6-7)12-14-11(15-20-12)8-3-1-2-4-10(8)16(18)19/h1-4,7,9,13,17H,5-6H2. The van der Waals surface area contributed by atoms with Crippen LogP contribution in [0.15, 0.2) is 28.8 Å². The van der Waals surface area contributed by atoms with Crippen molar-refractivity contribution in [2.24, 2.45) is 0 Å². The molecule has 2 aromatic rings. The number of nitro benzene ring substituents is 1. The Kier molecular flexibility index (Phi) is 3.17. The van der Waals surface area contributed by atoms with E-state index in [1.165, 1.54) is 6.07 Å². The van der Waals surface area contributed by atoms with Gasteiger partial charge < -0.3 is 14.9 Å². The maximum Gasteiger partial charge on any atom is 0.280 e. The lowest BCUT2D eigenvalue weighted by molar-refractivity contribution is -0.384. The van der Waals surface area contributed by atoms with E-state index in [-0.39, 0.29) is 17.6 Å². The van der Waals surface area contributed by atoms with Gasteiger partial charge in [-0.05, 0) is 12.5 Å². The van der Waals surface area contributed by atoms with Crippen molar-refractivity contribution < 1.29 is 14.6 Å². The third-order valence-corrected chi connectivity index (χ3v) is 3.19. The number of aliphatic hydroxyl groups is 1. The van der Waals surface area contributed by atoms with Gasteiger partial charge in [-0.1, -0.05) is 17.3 Å². The van der Waals surface area contributed by atoms with Crippen molar-refractivity contribution in [3.8, 4) is 11.4 Å². The van der Waals surface area contributed by atoms with Crippen molar-refractivity contribution >= 4 is 5.69 Å². The summed E-state index contributed by atoms with van der Waals surface area (Å²) in [5.74, 6) is 0.505. The first kappa shape index (κ1) is 12.7. The van der Waals surface area contributed by atoms with Gasteiger partial charge in [0, 0.05) is 12.6 Å². The fourth-order valence-corrected chi connectivity index (χ4v) is 2.21. The van der Waals surface area contributed by atoms with Gasteiger partial charge in [0.15, 0.2) is 0 Å². The maximum atomic E-state index is 11.0. The molecule has 2 heterocycles. The van der Waals surface area contributed by atoms with Gasteiger partial charge in [-0.15, -0.1) is 0 Å². The average molecular weight is 276 g/mol. The maximum absolute atomic E-state index is 11.0. The molecule has 0 amide bonds. The van der Waals surface area contributed by atoms with Crippen molar-refractivity contribution in [3.63, 3.8) is 0 Å². The summed E-state index contributed by atoms with van der Waals surface area (Å²) in [6.45, 7) is 0.466. The van der Waals surface area contributed by atoms with E-state index >= 15 is 0 Å². The van der Waals surface area contributed by atoms with Crippen LogP contribution in [-0.4, -0.2) is 32.8 Å². The second-order valence-corrected chi connectivity index (χ2v) is 4.58. The molecule has 8 heteroatoms. The van der Waals surface area contributed by atoms with E-state index in [9.17, 15) is 15.2 Å². The summed E-state index contributed by atoms with van der Waals surface area (Å²) in [5, 5.41) is 27.3. The summed E-state index contributed by atoms with van der Waals surface area (Å²) < 4.78 is 5.13. The first-order chi connectivity index (χ1) is 9.65. The molecule has 1 aliphatic heterocycles. The molecule has 0 aliphatic carbocycles. The van der Waals surface area contributed by atoms with Crippen LogP contribution in [0, 0.1) is 10.1 Å². The molecule has 20 heavy (non-hydrogen) atoms. The number of para-hydroxylation sites is 1. The monoisotopic (exact) mass is 276 g/mol. The molecular weight excluding hydrogens is 264 g/mol. The third-order valence-electron chi connectivity index (χ3n) is 3.19. The molecule has 0 spiro atoms. The SMILES string of the molecule is O=[N+]([O-])c1ccccc1-c1noc(C2CC(O)CN2)n1. The lowest BCUT2D eigenvalue weighted by Crippen LogP contribution is -2.15. The van der Waals surface area contributed by atoms with Crippen LogP contribution in [0.4, 0.5) is 5.69 Å². The van der Waals surface area contributed by atoms with E-state index in [2.05, 4.69) is 15.5 Å². The highest BCUT2D eigenvalue weighted by Crippen LogP contribution is 2.29. The van der Waals surface area contributed by atoms with Crippen LogP contribution in [0.2, 0.25) is 0 Å². The predicted octanol–water partition coefficient (Wildman–Crippen LogP) is 1.04. The van der Waals surface area contributed by atoms with Crippen LogP contribution in [0.25, 0.3) is 11.4 Å². The highest BCUT2D eigenvalue weighted by Gasteiger charge is 2.29. The van der Waals surface area contributed by atoms with Crippen LogP contribution < -0.4 is 5.32 Å². The van der Waals surface area contributed by atoms with Crippen LogP contribution in [0.1, 0.15) is 18.4 Å². The number of aromatic nitrogens is 2. The van der Waals surface area contributed by atoms with E-state index < -0.39 is 11.0 Å². The molecule has 1 fully saturated rings. The molecule has 2 atom stereocenters. The number of aliphatic hydroxyl groups excluding tert-OH is 1. The van der Waals surface area contributed by atoms with Gasteiger partial charge in [0.2, 0.25) is 11.7 Å². The smallest absolute Gasteiger partial charge is 0.280 e. The first-order valence-electron chi connectivity index (χ1n) is 6.14. The lowest BCUT2D eigenvalue weighted by atomic mass is 10.1. The van der Waals surface area contributed by atoms with Crippen molar-refractivity contribution in [1.82, 2.24) is 15.5 Å². The Balaban J connectivity index is 1.92. The summed E-state index contributed by atoms with van der Waals surface area (Å²) in [6, 6.07) is 6.01. The van der Waals surface area contributed by atoms with E-state index in [0.717, 1.165) is 0 Å². The number of benzene rings is 1. The molecule has 2 unspecified atom stereocenters. The van der Waals surface area contributed by atoms with Gasteiger partial charge in [0.05, 0.1) is 17.1 Å². The highest BCUT2D eigenvalue weighted by molar-refractivity contribution is 5.67. The van der Waals surface area contributed by atoms with E-state index in [1.807, 2.05) is 0 Å². The Morgan fingerprint density at radius 2 is 2.25 bits per heavy atom. The summed E-state index contributed by atoms with van der Waals surface area (Å²) in [7, 11) is 0. The number of β-amino-alcohol motifs (C(OH)–C–C–N with tert-alkyl or cyclic N) is 1. The molecule has 1 aromatic heterocycles. The highest BCUT2D eigenvalue weighted by atomic mass is 16.6. The van der Waals surface area contributed by atoms with Crippen LogP contribution in [-0.2, 0) is 0 Å². The van der Waals surface area contributed by atoms with Crippen molar-refractivity contribution in [3.05, 3.63) is 40.3 Å². The van der Waals surface area contributed by atoms with Gasteiger partial charge in [-0.25, -0.2) is 0 Å². The Bertz CT molecular complexity index is 642. The zero-order valence-corrected chi connectivity index (χ0v) is 10.4. The summed E-state index contributed by atoms with van der Waals surface area (Å²) in [5.41, 5.74) is 0.241. The number of nitro groups is 1. The average Bonchev–Trinajstić information content (AvgIpc) is 3.07. The molecule has 1 saturated heterocycles. The molecule has 2 N–H and O–H groups in total. The largest absolute Gasteiger partial charge is 0.392 e. The minimum Gasteiger partial charge on any atom is -0.392 e. The van der Waals surface area contributed by atoms with E-state index in [1.54, 1.807) is 18.2 Å². The summed E-state index contributed by atoms with van der Waals surface area (Å²) in [4.78, 5) is 14.7. The van der Waals surface area contributed by atoms with Gasteiger partial charge in [-0.2, -0.15) is 4.98 Å². The zero-order valence-electron chi connectivity index (χ0n) is 10.4. The minimum absolute atomic E-state index is 0.0701. The summed E-state index contributed by atoms with van der Waals surface area (Å²) in [6.07, 6.45) is 0.0415. The second-order valence-electron chi connectivity index (χ2n) is 4.58. The Morgan fingerprint density at radius 3 is 2.95 bits per heavy atom. The van der Waals surface area contributed by atoms with Crippen LogP contribution in [0.5, 0.6) is 0 Å². The predicted molar refractivity (Wildman–Crippen MR) is 67.8 cm³/mol. The van der Waals surface area contributed by atoms with Crippen molar-refractivity contribution in [2.45, 2.75) is 18.6 Å². The normalized spacial score (nSPS) is 22.1. The van der Waals surface area contributed by atoms with Gasteiger partial charge >= 0.3 is 0 Å². The first-order valence-corrected chi connectivity index (χ1v) is 6.14. The number of rotatable bonds is 3. The lowest BCUT2D eigenvalue weighted by Gasteiger charge is -2.01. The fourth-order valence-electron chi connectivity index (χ4n) is 2.21. The van der Waals surface area contributed by atoms with E-state index in [4.69, 9.17) is 4.52 Å². The van der Waals surface area contributed by atoms with Gasteiger partial charge in [-0.3, -0.25) is 10.1 Å². The summed E-state index contributed by atoms with van der Waals surface area (Å²) >= 11 is 0. The molecule has 0 saturated carbocycles. The minimum atomic E-state index is -0.483. The van der Waals surface area contributed by atoms with Crippen molar-refractivity contribution in [1.29, 1.82) is 0 Å².